The number of nitrogens with one attached hydrogen (secondary N) is 1. The summed E-state index contributed by atoms with van der Waals surface area (Å²) in [6, 6.07) is 11.5. The number of carbonyl (C=O) groups is 2. The van der Waals surface area contributed by atoms with Gasteiger partial charge in [0.25, 0.3) is 11.8 Å². The first-order valence-electron chi connectivity index (χ1n) is 7.60. The van der Waals surface area contributed by atoms with E-state index in [1.165, 1.54) is 0 Å². The topological polar surface area (TPSA) is 88.8 Å². The first kappa shape index (κ1) is 15.2. The molecule has 0 bridgehead atoms. The maximum atomic E-state index is 12.1. The highest BCUT2D eigenvalue weighted by Gasteiger charge is 2.29. The molecule has 5 heteroatoms. The van der Waals surface area contributed by atoms with Crippen molar-refractivity contribution >= 4 is 17.5 Å². The van der Waals surface area contributed by atoms with Crippen LogP contribution in [0.25, 0.3) is 0 Å². The molecule has 1 aliphatic rings. The number of benzene rings is 2. The lowest BCUT2D eigenvalue weighted by Gasteiger charge is -2.25. The molecule has 0 spiro atoms. The van der Waals surface area contributed by atoms with E-state index in [0.717, 1.165) is 22.4 Å². The second kappa shape index (κ2) is 5.85. The molecule has 2 aromatic carbocycles. The van der Waals surface area contributed by atoms with Crippen molar-refractivity contribution in [2.75, 3.05) is 6.54 Å². The van der Waals surface area contributed by atoms with E-state index in [4.69, 9.17) is 5.73 Å². The monoisotopic (exact) mass is 310 g/mol. The van der Waals surface area contributed by atoms with Gasteiger partial charge in [-0.25, -0.2) is 0 Å². The van der Waals surface area contributed by atoms with E-state index in [0.29, 0.717) is 17.7 Å². The van der Waals surface area contributed by atoms with Crippen molar-refractivity contribution in [1.82, 2.24) is 5.32 Å². The lowest BCUT2D eigenvalue weighted by atomic mass is 9.94. The van der Waals surface area contributed by atoms with Gasteiger partial charge in [-0.3, -0.25) is 9.59 Å². The van der Waals surface area contributed by atoms with Crippen LogP contribution in [0.15, 0.2) is 36.4 Å². The molecule has 2 aromatic rings. The van der Waals surface area contributed by atoms with Gasteiger partial charge in [0.15, 0.2) is 0 Å². The Balaban J connectivity index is 1.99. The molecule has 118 valence electrons. The summed E-state index contributed by atoms with van der Waals surface area (Å²) in [5, 5.41) is 4.93. The highest BCUT2D eigenvalue weighted by Crippen LogP contribution is 2.22. The Kier molecular flexibility index (Phi) is 3.88. The fourth-order valence-corrected chi connectivity index (χ4v) is 3.01. The summed E-state index contributed by atoms with van der Waals surface area (Å²) in [5.74, 6) is -0.493. The minimum Gasteiger partial charge on any atom is -0.365 e. The van der Waals surface area contributed by atoms with E-state index in [1.54, 1.807) is 6.07 Å². The largest absolute Gasteiger partial charge is 0.365 e. The molecule has 0 aliphatic carbocycles. The van der Waals surface area contributed by atoms with Crippen LogP contribution in [-0.4, -0.2) is 18.4 Å². The number of quaternary nitrogens is 1. The number of carbonyl (C=O) groups excluding carboxylic acids is 2. The van der Waals surface area contributed by atoms with Crippen LogP contribution in [0, 0.1) is 13.8 Å². The fraction of sp³-hybridized carbons (Fsp3) is 0.222. The van der Waals surface area contributed by atoms with Crippen LogP contribution >= 0.6 is 0 Å². The molecule has 5 nitrogen and oxygen atoms in total. The van der Waals surface area contributed by atoms with Crippen LogP contribution in [0.5, 0.6) is 0 Å². The van der Waals surface area contributed by atoms with Crippen molar-refractivity contribution in [3.8, 4) is 0 Å². The Bertz CT molecular complexity index is 799. The van der Waals surface area contributed by atoms with Gasteiger partial charge < -0.3 is 16.4 Å². The summed E-state index contributed by atoms with van der Waals surface area (Å²) >= 11 is 0. The predicted molar refractivity (Wildman–Crippen MR) is 87.5 cm³/mol. The van der Waals surface area contributed by atoms with E-state index in [1.807, 2.05) is 49.5 Å². The third-order valence-corrected chi connectivity index (χ3v) is 4.19. The highest BCUT2D eigenvalue weighted by atomic mass is 16.2. The van der Waals surface area contributed by atoms with Crippen molar-refractivity contribution in [1.29, 1.82) is 0 Å². The van der Waals surface area contributed by atoms with Gasteiger partial charge >= 0.3 is 0 Å². The maximum absolute atomic E-state index is 12.1. The summed E-state index contributed by atoms with van der Waals surface area (Å²) in [6.45, 7) is 4.45. The minimum atomic E-state index is -0.444. The summed E-state index contributed by atoms with van der Waals surface area (Å²) in [5.41, 5.74) is 10.6. The number of rotatable bonds is 3. The zero-order valence-corrected chi connectivity index (χ0v) is 13.2. The van der Waals surface area contributed by atoms with E-state index >= 15 is 0 Å². The molecule has 23 heavy (non-hydrogen) atoms. The molecule has 0 fully saturated rings. The number of hydrogen-bond donors (Lipinski definition) is 3. The van der Waals surface area contributed by atoms with E-state index in [-0.39, 0.29) is 11.9 Å². The number of aryl methyl sites for hydroxylation is 2. The molecular weight excluding hydrogens is 290 g/mol. The maximum Gasteiger partial charge on any atom is 0.254 e. The molecule has 0 saturated carbocycles. The summed E-state index contributed by atoms with van der Waals surface area (Å²) < 4.78 is 0. The molecule has 1 atom stereocenters. The highest BCUT2D eigenvalue weighted by molar-refractivity contribution is 5.98. The Morgan fingerprint density at radius 3 is 2.61 bits per heavy atom. The van der Waals surface area contributed by atoms with Crippen molar-refractivity contribution in [3.63, 3.8) is 0 Å². The van der Waals surface area contributed by atoms with Crippen LogP contribution in [0.4, 0.5) is 5.69 Å². The summed E-state index contributed by atoms with van der Waals surface area (Å²) in [6.07, 6.45) is 0. The van der Waals surface area contributed by atoms with Crippen molar-refractivity contribution in [3.05, 3.63) is 64.2 Å². The lowest BCUT2D eigenvalue weighted by molar-refractivity contribution is -0.616. The standard InChI is InChI=1S/C18H19N3O2/c1-10-3-5-12-14(7-10)18(23)20-9-16(12)21-15-8-11(2)4-6-13(15)17(19)22/h3-8,16,21H,9H2,1-2H3,(H2,19,22)(H,20,23)/p+1. The molecule has 1 unspecified atom stereocenters. The third-order valence-electron chi connectivity index (χ3n) is 4.19. The van der Waals surface area contributed by atoms with Crippen molar-refractivity contribution < 1.29 is 14.9 Å². The van der Waals surface area contributed by atoms with Crippen molar-refractivity contribution in [2.24, 2.45) is 5.73 Å². The number of amides is 2. The third kappa shape index (κ3) is 2.96. The molecule has 3 rings (SSSR count). The lowest BCUT2D eigenvalue weighted by Crippen LogP contribution is -2.82. The van der Waals surface area contributed by atoms with Crippen LogP contribution in [-0.2, 0) is 0 Å². The van der Waals surface area contributed by atoms with E-state index in [9.17, 15) is 9.59 Å². The molecule has 0 saturated heterocycles. The van der Waals surface area contributed by atoms with Gasteiger partial charge in [-0.1, -0.05) is 23.8 Å². The predicted octanol–water partition coefficient (Wildman–Crippen LogP) is 1.08. The Hall–Kier alpha value is -2.66. The first-order chi connectivity index (χ1) is 11.0. The van der Waals surface area contributed by atoms with Crippen LogP contribution in [0.2, 0.25) is 0 Å². The molecule has 2 amide bonds. The van der Waals surface area contributed by atoms with Gasteiger partial charge in [0.05, 0.1) is 12.1 Å². The van der Waals surface area contributed by atoms with E-state index in [2.05, 4.69) is 5.32 Å². The van der Waals surface area contributed by atoms with Gasteiger partial charge in [0.1, 0.15) is 11.7 Å². The number of fused-ring (bicyclic) bond motifs is 1. The quantitative estimate of drug-likeness (QED) is 0.741. The van der Waals surface area contributed by atoms with Gasteiger partial charge in [-0.2, -0.15) is 0 Å². The fourth-order valence-electron chi connectivity index (χ4n) is 3.01. The number of primary amides is 1. The first-order valence-corrected chi connectivity index (χ1v) is 7.60. The molecule has 1 aliphatic heterocycles. The zero-order valence-electron chi connectivity index (χ0n) is 13.2. The number of nitrogens with two attached hydrogens (primary N) is 2. The minimum absolute atomic E-state index is 0.0169. The zero-order chi connectivity index (χ0) is 16.6. The van der Waals surface area contributed by atoms with Crippen LogP contribution in [0.3, 0.4) is 0 Å². The Morgan fingerprint density at radius 1 is 1.17 bits per heavy atom. The molecular formula is C18H20N3O2+. The average molecular weight is 310 g/mol. The summed E-state index contributed by atoms with van der Waals surface area (Å²) in [7, 11) is 0. The Morgan fingerprint density at radius 2 is 1.87 bits per heavy atom. The smallest absolute Gasteiger partial charge is 0.254 e. The summed E-state index contributed by atoms with van der Waals surface area (Å²) in [4.78, 5) is 23.7. The molecule has 0 radical (unpaired) electrons. The second-order valence-electron chi connectivity index (χ2n) is 6.03. The molecule has 1 heterocycles. The van der Waals surface area contributed by atoms with Gasteiger partial charge in [0.2, 0.25) is 0 Å². The number of hydrogen-bond acceptors (Lipinski definition) is 2. The average Bonchev–Trinajstić information content (AvgIpc) is 2.50. The normalized spacial score (nSPS) is 16.6. The second-order valence-corrected chi connectivity index (χ2v) is 6.03. The van der Waals surface area contributed by atoms with E-state index < -0.39 is 5.91 Å². The van der Waals surface area contributed by atoms with Crippen molar-refractivity contribution in [2.45, 2.75) is 19.9 Å². The van der Waals surface area contributed by atoms with Gasteiger partial charge in [0, 0.05) is 17.2 Å². The molecule has 5 N–H and O–H groups in total. The SMILES string of the molecule is Cc1ccc(C(N)=O)c([NH2+]C2CNC(=O)c3cc(C)ccc32)c1. The van der Waals surface area contributed by atoms with Crippen LogP contribution < -0.4 is 16.4 Å². The van der Waals surface area contributed by atoms with Gasteiger partial charge in [-0.05, 0) is 31.5 Å². The van der Waals surface area contributed by atoms with Crippen LogP contribution in [0.1, 0.15) is 43.4 Å². The molecule has 0 aromatic heterocycles. The van der Waals surface area contributed by atoms with Gasteiger partial charge in [-0.15, -0.1) is 0 Å². The Labute approximate surface area is 134 Å².